The molecule has 0 saturated carbocycles. The molecule has 0 amide bonds. The molecule has 0 spiro atoms. The van der Waals surface area contributed by atoms with Gasteiger partial charge in [0.15, 0.2) is 0 Å². The van der Waals surface area contributed by atoms with Crippen LogP contribution in [0.15, 0.2) is 61.2 Å². The van der Waals surface area contributed by atoms with Crippen molar-refractivity contribution in [2.45, 2.75) is 83.4 Å². The van der Waals surface area contributed by atoms with E-state index in [1.54, 1.807) is 48.5 Å². The second kappa shape index (κ2) is 20.0. The highest BCUT2D eigenvalue weighted by molar-refractivity contribution is 6.20. The van der Waals surface area contributed by atoms with Crippen LogP contribution in [0.4, 0.5) is 0 Å². The van der Waals surface area contributed by atoms with Crippen LogP contribution in [0.3, 0.4) is 0 Å². The zero-order valence-corrected chi connectivity index (χ0v) is 24.8. The minimum Gasteiger partial charge on any atom is -0.494 e. The predicted octanol–water partition coefficient (Wildman–Crippen LogP) is 8.56. The van der Waals surface area contributed by atoms with E-state index in [0.29, 0.717) is 42.8 Å². The second-order valence-electron chi connectivity index (χ2n) is 10.00. The summed E-state index contributed by atoms with van der Waals surface area (Å²) in [4.78, 5) is 23.5. The summed E-state index contributed by atoms with van der Waals surface area (Å²) in [7, 11) is 0. The van der Waals surface area contributed by atoms with Crippen LogP contribution < -0.4 is 14.2 Å². The van der Waals surface area contributed by atoms with Gasteiger partial charge in [0.05, 0.1) is 24.2 Å². The van der Waals surface area contributed by atoms with Gasteiger partial charge in [-0.05, 0) is 67.3 Å². The lowest BCUT2D eigenvalue weighted by Gasteiger charge is -2.16. The maximum atomic E-state index is 12.5. The van der Waals surface area contributed by atoms with Crippen molar-refractivity contribution in [3.8, 4) is 17.2 Å². The van der Waals surface area contributed by atoms with Gasteiger partial charge in [-0.1, -0.05) is 71.8 Å². The van der Waals surface area contributed by atoms with Crippen LogP contribution in [-0.4, -0.2) is 37.1 Å². The Balaban J connectivity index is 1.54. The third-order valence-electron chi connectivity index (χ3n) is 6.76. The lowest BCUT2D eigenvalue weighted by Crippen LogP contribution is -2.19. The van der Waals surface area contributed by atoms with Gasteiger partial charge >= 0.3 is 11.9 Å². The fourth-order valence-corrected chi connectivity index (χ4v) is 4.16. The van der Waals surface area contributed by atoms with Crippen LogP contribution in [0.1, 0.15) is 88.4 Å². The van der Waals surface area contributed by atoms with Gasteiger partial charge in [-0.15, -0.1) is 11.6 Å². The van der Waals surface area contributed by atoms with Crippen molar-refractivity contribution in [3.05, 3.63) is 66.7 Å². The summed E-state index contributed by atoms with van der Waals surface area (Å²) in [5.74, 6) is 1.50. The molecule has 2 aromatic rings. The number of carbonyl (C=O) groups excluding carboxylic acids is 2. The van der Waals surface area contributed by atoms with Gasteiger partial charge < -0.3 is 18.9 Å². The molecule has 0 radical (unpaired) electrons. The molecule has 0 aromatic heterocycles. The monoisotopic (exact) mass is 572 g/mol. The number of unbranched alkanes of at least 4 members (excludes halogenated alkanes) is 8. The predicted molar refractivity (Wildman–Crippen MR) is 161 cm³/mol. The van der Waals surface area contributed by atoms with E-state index < -0.39 is 5.97 Å². The molecule has 0 saturated heterocycles. The lowest BCUT2D eigenvalue weighted by atomic mass is 10.1. The van der Waals surface area contributed by atoms with Gasteiger partial charge in [-0.3, -0.25) is 0 Å². The highest BCUT2D eigenvalue weighted by Gasteiger charge is 2.14. The maximum absolute atomic E-state index is 12.5. The molecule has 0 aliphatic heterocycles. The summed E-state index contributed by atoms with van der Waals surface area (Å²) in [6.45, 7) is 9.17. The Labute approximate surface area is 245 Å². The molecule has 2 aromatic carbocycles. The smallest absolute Gasteiger partial charge is 0.343 e. The Morgan fingerprint density at radius 3 is 1.85 bits per heavy atom. The van der Waals surface area contributed by atoms with Crippen LogP contribution >= 0.6 is 11.6 Å². The van der Waals surface area contributed by atoms with Crippen LogP contribution in [0.2, 0.25) is 0 Å². The standard InChI is InChI=1S/C33H45ClO6/c1-4-26(3)31(34)25-39-29-19-21-30(22-20-29)40-33(36)27-15-17-28(18-16-27)37-23-13-11-9-7-6-8-10-12-14-24-38-32(35)5-2/h5,15-22,26,31H,2,4,6-14,23-25H2,1,3H3/t26-,31+/m0/s1. The topological polar surface area (TPSA) is 71.1 Å². The normalized spacial score (nSPS) is 12.3. The Morgan fingerprint density at radius 1 is 0.775 bits per heavy atom. The second-order valence-corrected chi connectivity index (χ2v) is 10.6. The average Bonchev–Trinajstić information content (AvgIpc) is 2.98. The minimum atomic E-state index is -0.422. The van der Waals surface area contributed by atoms with E-state index in [2.05, 4.69) is 20.4 Å². The van der Waals surface area contributed by atoms with E-state index >= 15 is 0 Å². The Morgan fingerprint density at radius 2 is 1.27 bits per heavy atom. The number of benzene rings is 2. The van der Waals surface area contributed by atoms with Crippen molar-refractivity contribution >= 4 is 23.5 Å². The Bertz CT molecular complexity index is 989. The molecule has 2 atom stereocenters. The highest BCUT2D eigenvalue weighted by atomic mass is 35.5. The van der Waals surface area contributed by atoms with Crippen molar-refractivity contribution in [1.82, 2.24) is 0 Å². The van der Waals surface area contributed by atoms with E-state index in [1.165, 1.54) is 38.2 Å². The first kappa shape index (κ1) is 33.2. The van der Waals surface area contributed by atoms with Gasteiger partial charge in [0.1, 0.15) is 23.9 Å². The number of hydrogen-bond acceptors (Lipinski definition) is 6. The molecule has 0 N–H and O–H groups in total. The molecule has 0 aliphatic carbocycles. The number of ether oxygens (including phenoxy) is 4. The van der Waals surface area contributed by atoms with Crippen LogP contribution in [0.25, 0.3) is 0 Å². The minimum absolute atomic E-state index is 0.0457. The van der Waals surface area contributed by atoms with Crippen molar-refractivity contribution in [2.75, 3.05) is 19.8 Å². The number of halogens is 1. The average molecular weight is 573 g/mol. The largest absolute Gasteiger partial charge is 0.494 e. The number of hydrogen-bond donors (Lipinski definition) is 0. The van der Waals surface area contributed by atoms with E-state index in [0.717, 1.165) is 37.9 Å². The summed E-state index contributed by atoms with van der Waals surface area (Å²) in [6, 6.07) is 14.0. The first-order valence-corrected chi connectivity index (χ1v) is 15.0. The van der Waals surface area contributed by atoms with Gasteiger partial charge in [0, 0.05) is 6.08 Å². The molecule has 40 heavy (non-hydrogen) atoms. The number of alkyl halides is 1. The summed E-state index contributed by atoms with van der Waals surface area (Å²) in [5.41, 5.74) is 0.462. The lowest BCUT2D eigenvalue weighted by molar-refractivity contribution is -0.137. The maximum Gasteiger partial charge on any atom is 0.343 e. The molecule has 0 aliphatic rings. The molecular weight excluding hydrogens is 528 g/mol. The SMILES string of the molecule is C=CC(=O)OCCCCCCCCCCCOc1ccc(C(=O)Oc2ccc(OC[C@@H](Cl)[C@@H](C)CC)cc2)cc1. The molecule has 0 unspecified atom stereocenters. The third-order valence-corrected chi connectivity index (χ3v) is 7.32. The molecule has 0 heterocycles. The van der Waals surface area contributed by atoms with Crippen molar-refractivity contribution in [1.29, 1.82) is 0 Å². The van der Waals surface area contributed by atoms with Crippen LogP contribution in [0.5, 0.6) is 17.2 Å². The third kappa shape index (κ3) is 13.9. The number of rotatable bonds is 21. The fourth-order valence-electron chi connectivity index (χ4n) is 3.92. The van der Waals surface area contributed by atoms with Gasteiger partial charge in [0.25, 0.3) is 0 Å². The number of esters is 2. The zero-order valence-electron chi connectivity index (χ0n) is 24.1. The molecule has 0 fully saturated rings. The van der Waals surface area contributed by atoms with E-state index in [9.17, 15) is 9.59 Å². The Kier molecular flexibility index (Phi) is 16.6. The summed E-state index contributed by atoms with van der Waals surface area (Å²) in [6.07, 6.45) is 12.4. The van der Waals surface area contributed by atoms with E-state index in [1.807, 2.05) is 0 Å². The van der Waals surface area contributed by atoms with Gasteiger partial charge in [0.2, 0.25) is 0 Å². The van der Waals surface area contributed by atoms with E-state index in [4.69, 9.17) is 30.5 Å². The number of carbonyl (C=O) groups is 2. The van der Waals surface area contributed by atoms with Crippen molar-refractivity contribution in [3.63, 3.8) is 0 Å². The molecular formula is C33H45ClO6. The molecule has 6 nitrogen and oxygen atoms in total. The molecule has 0 bridgehead atoms. The quantitative estimate of drug-likeness (QED) is 0.0490. The van der Waals surface area contributed by atoms with Crippen LogP contribution in [0, 0.1) is 5.92 Å². The molecule has 2 rings (SSSR count). The summed E-state index contributed by atoms with van der Waals surface area (Å²) in [5, 5.41) is -0.0457. The molecule has 7 heteroatoms. The van der Waals surface area contributed by atoms with Crippen LogP contribution in [-0.2, 0) is 9.53 Å². The summed E-state index contributed by atoms with van der Waals surface area (Å²) < 4.78 is 22.0. The van der Waals surface area contributed by atoms with Crippen molar-refractivity contribution < 1.29 is 28.5 Å². The van der Waals surface area contributed by atoms with Gasteiger partial charge in [-0.25, -0.2) is 9.59 Å². The van der Waals surface area contributed by atoms with E-state index in [-0.39, 0.29) is 11.3 Å². The first-order valence-electron chi connectivity index (χ1n) is 14.5. The highest BCUT2D eigenvalue weighted by Crippen LogP contribution is 2.22. The van der Waals surface area contributed by atoms with Gasteiger partial charge in [-0.2, -0.15) is 0 Å². The molecule has 220 valence electrons. The Hall–Kier alpha value is -2.99. The van der Waals surface area contributed by atoms with Crippen molar-refractivity contribution in [2.24, 2.45) is 5.92 Å². The first-order chi connectivity index (χ1) is 19.4. The zero-order chi connectivity index (χ0) is 29.0. The fraction of sp³-hybridized carbons (Fsp3) is 0.515. The summed E-state index contributed by atoms with van der Waals surface area (Å²) >= 11 is 6.33.